The molecule has 0 spiro atoms. The molecular weight excluding hydrogens is 352 g/mol. The van der Waals surface area contributed by atoms with Crippen molar-refractivity contribution < 1.29 is 9.84 Å². The molecule has 6 heteroatoms. The van der Waals surface area contributed by atoms with Crippen LogP contribution in [0.2, 0.25) is 0 Å². The van der Waals surface area contributed by atoms with E-state index in [0.29, 0.717) is 18.6 Å². The first kappa shape index (κ1) is 20.8. The van der Waals surface area contributed by atoms with Gasteiger partial charge in [-0.05, 0) is 31.4 Å². The van der Waals surface area contributed by atoms with E-state index < -0.39 is 0 Å². The molecule has 0 radical (unpaired) electrons. The number of rotatable bonds is 9. The van der Waals surface area contributed by atoms with Crippen LogP contribution in [0.1, 0.15) is 50.1 Å². The fourth-order valence-electron chi connectivity index (χ4n) is 3.88. The molecular formula is C22H34N4O2. The number of aromatic nitrogens is 2. The van der Waals surface area contributed by atoms with Crippen LogP contribution >= 0.6 is 0 Å². The first-order valence-corrected chi connectivity index (χ1v) is 10.4. The smallest absolute Gasteiger partial charge is 0.123 e. The van der Waals surface area contributed by atoms with E-state index in [9.17, 15) is 5.11 Å². The molecule has 0 bridgehead atoms. The Balaban J connectivity index is 1.64. The van der Waals surface area contributed by atoms with Gasteiger partial charge >= 0.3 is 0 Å². The van der Waals surface area contributed by atoms with E-state index in [1.54, 1.807) is 0 Å². The molecule has 1 saturated heterocycles. The van der Waals surface area contributed by atoms with Crippen LogP contribution in [0, 0.1) is 0 Å². The van der Waals surface area contributed by atoms with Gasteiger partial charge in [-0.15, -0.1) is 0 Å². The van der Waals surface area contributed by atoms with Gasteiger partial charge in [0.2, 0.25) is 0 Å². The summed E-state index contributed by atoms with van der Waals surface area (Å²) in [7, 11) is 0. The maximum absolute atomic E-state index is 9.60. The number of nitrogens with one attached hydrogen (secondary N) is 1. The van der Waals surface area contributed by atoms with Crippen molar-refractivity contribution in [3.05, 3.63) is 47.3 Å². The molecule has 0 amide bonds. The third kappa shape index (κ3) is 5.34. The highest BCUT2D eigenvalue weighted by molar-refractivity contribution is 5.33. The second-order valence-corrected chi connectivity index (χ2v) is 7.89. The number of nitrogens with zero attached hydrogens (tertiary/aromatic N) is 3. The number of aliphatic hydroxyl groups is 1. The summed E-state index contributed by atoms with van der Waals surface area (Å²) >= 11 is 0. The van der Waals surface area contributed by atoms with Crippen molar-refractivity contribution in [1.29, 1.82) is 0 Å². The predicted molar refractivity (Wildman–Crippen MR) is 111 cm³/mol. The summed E-state index contributed by atoms with van der Waals surface area (Å²) in [4.78, 5) is 4.94. The summed E-state index contributed by atoms with van der Waals surface area (Å²) in [6.45, 7) is 11.9. The number of hydrogen-bond acceptors (Lipinski definition) is 5. The number of piperazine rings is 1. The molecule has 0 unspecified atom stereocenters. The summed E-state index contributed by atoms with van der Waals surface area (Å²) in [6.07, 6.45) is 0.785. The second kappa shape index (κ2) is 10.0. The molecule has 154 valence electrons. The molecule has 28 heavy (non-hydrogen) atoms. The molecule has 1 fully saturated rings. The molecule has 1 aromatic heterocycles. The van der Waals surface area contributed by atoms with Crippen LogP contribution in [0.15, 0.2) is 30.3 Å². The lowest BCUT2D eigenvalue weighted by Crippen LogP contribution is -2.52. The Kier molecular flexibility index (Phi) is 7.48. The van der Waals surface area contributed by atoms with E-state index in [-0.39, 0.29) is 6.61 Å². The Morgan fingerprint density at radius 2 is 2.07 bits per heavy atom. The van der Waals surface area contributed by atoms with Crippen molar-refractivity contribution in [3.63, 3.8) is 0 Å². The van der Waals surface area contributed by atoms with E-state index >= 15 is 0 Å². The Morgan fingerprint density at radius 1 is 1.25 bits per heavy atom. The van der Waals surface area contributed by atoms with Gasteiger partial charge in [0.25, 0.3) is 0 Å². The highest BCUT2D eigenvalue weighted by Gasteiger charge is 2.27. The highest BCUT2D eigenvalue weighted by atomic mass is 16.5. The Morgan fingerprint density at radius 3 is 2.79 bits per heavy atom. The number of hydrogen-bond donors (Lipinski definition) is 2. The normalized spacial score (nSPS) is 18.7. The number of aliphatic hydroxyl groups excluding tert-OH is 1. The zero-order chi connectivity index (χ0) is 19.9. The molecule has 3 rings (SSSR count). The largest absolute Gasteiger partial charge is 0.494 e. The molecule has 2 aromatic rings. The number of H-pyrrole nitrogens is 1. The van der Waals surface area contributed by atoms with E-state index in [4.69, 9.17) is 4.74 Å². The maximum atomic E-state index is 9.60. The molecule has 1 atom stereocenters. The molecule has 6 nitrogen and oxygen atoms in total. The molecule has 0 aliphatic carbocycles. The van der Waals surface area contributed by atoms with E-state index in [0.717, 1.165) is 50.6 Å². The minimum Gasteiger partial charge on any atom is -0.494 e. The van der Waals surface area contributed by atoms with E-state index in [1.807, 2.05) is 19.1 Å². The van der Waals surface area contributed by atoms with Gasteiger partial charge in [0.1, 0.15) is 5.75 Å². The van der Waals surface area contributed by atoms with Crippen molar-refractivity contribution >= 4 is 0 Å². The number of ether oxygens (including phenoxy) is 1. The summed E-state index contributed by atoms with van der Waals surface area (Å²) < 4.78 is 5.80. The zero-order valence-electron chi connectivity index (χ0n) is 17.4. The molecule has 2 heterocycles. The van der Waals surface area contributed by atoms with Crippen molar-refractivity contribution in [3.8, 4) is 5.75 Å². The Bertz CT molecular complexity index is 731. The maximum Gasteiger partial charge on any atom is 0.123 e. The van der Waals surface area contributed by atoms with Crippen LogP contribution in [-0.4, -0.2) is 64.0 Å². The summed E-state index contributed by atoms with van der Waals surface area (Å²) in [6, 6.07) is 10.8. The van der Waals surface area contributed by atoms with Gasteiger partial charge < -0.3 is 9.84 Å². The SMILES string of the molecule is CCOc1ccccc1CN1CCN(Cc2cc(C(C)C)n[nH]2)C[C@H]1CCO. The van der Waals surface area contributed by atoms with Crippen molar-refractivity contribution in [2.45, 2.75) is 52.2 Å². The monoisotopic (exact) mass is 386 g/mol. The summed E-state index contributed by atoms with van der Waals surface area (Å²) in [5.74, 6) is 1.41. The van der Waals surface area contributed by atoms with Gasteiger partial charge in [-0.3, -0.25) is 14.9 Å². The molecule has 1 aliphatic rings. The van der Waals surface area contributed by atoms with Crippen molar-refractivity contribution in [2.24, 2.45) is 0 Å². The fourth-order valence-corrected chi connectivity index (χ4v) is 3.88. The van der Waals surface area contributed by atoms with E-state index in [2.05, 4.69) is 52.0 Å². The van der Waals surface area contributed by atoms with Gasteiger partial charge in [0.05, 0.1) is 12.3 Å². The van der Waals surface area contributed by atoms with Gasteiger partial charge in [-0.25, -0.2) is 0 Å². The average Bonchev–Trinajstić information content (AvgIpc) is 3.15. The van der Waals surface area contributed by atoms with Gasteiger partial charge in [0.15, 0.2) is 0 Å². The lowest BCUT2D eigenvalue weighted by Gasteiger charge is -2.41. The Hall–Kier alpha value is -1.89. The van der Waals surface area contributed by atoms with Crippen molar-refractivity contribution in [2.75, 3.05) is 32.8 Å². The molecule has 0 saturated carbocycles. The van der Waals surface area contributed by atoms with Gasteiger partial charge in [-0.2, -0.15) is 5.10 Å². The van der Waals surface area contributed by atoms with Gasteiger partial charge in [-0.1, -0.05) is 32.0 Å². The third-order valence-electron chi connectivity index (χ3n) is 5.43. The summed E-state index contributed by atoms with van der Waals surface area (Å²) in [5.41, 5.74) is 3.51. The van der Waals surface area contributed by atoms with Crippen LogP contribution < -0.4 is 4.74 Å². The van der Waals surface area contributed by atoms with Crippen LogP contribution in [0.25, 0.3) is 0 Å². The number of aromatic amines is 1. The fraction of sp³-hybridized carbons (Fsp3) is 0.591. The van der Waals surface area contributed by atoms with Gasteiger partial charge in [0, 0.05) is 56.6 Å². The molecule has 1 aliphatic heterocycles. The first-order chi connectivity index (χ1) is 13.6. The standard InChI is InChI=1S/C22H34N4O2/c1-4-28-22-8-6-5-7-18(22)14-26-11-10-25(16-20(26)9-12-27)15-19-13-21(17(2)3)24-23-19/h5-8,13,17,20,27H,4,9-12,14-16H2,1-3H3,(H,23,24)/t20-/m1/s1. The van der Waals surface area contributed by atoms with Crippen LogP contribution in [0.3, 0.4) is 0 Å². The van der Waals surface area contributed by atoms with Crippen LogP contribution in [-0.2, 0) is 13.1 Å². The van der Waals surface area contributed by atoms with Crippen molar-refractivity contribution in [1.82, 2.24) is 20.0 Å². The van der Waals surface area contributed by atoms with Crippen LogP contribution in [0.5, 0.6) is 5.75 Å². The molecule has 1 aromatic carbocycles. The molecule has 2 N–H and O–H groups in total. The quantitative estimate of drug-likeness (QED) is 0.694. The first-order valence-electron chi connectivity index (χ1n) is 10.4. The number of benzene rings is 1. The minimum absolute atomic E-state index is 0.212. The lowest BCUT2D eigenvalue weighted by atomic mass is 10.1. The highest BCUT2D eigenvalue weighted by Crippen LogP contribution is 2.24. The Labute approximate surface area is 168 Å². The van der Waals surface area contributed by atoms with E-state index in [1.165, 1.54) is 11.3 Å². The topological polar surface area (TPSA) is 64.6 Å². The number of para-hydroxylation sites is 1. The average molecular weight is 387 g/mol. The predicted octanol–water partition coefficient (Wildman–Crippen LogP) is 3.00. The summed E-state index contributed by atoms with van der Waals surface area (Å²) in [5, 5.41) is 17.2. The zero-order valence-corrected chi connectivity index (χ0v) is 17.4. The minimum atomic E-state index is 0.212. The second-order valence-electron chi connectivity index (χ2n) is 7.89. The van der Waals surface area contributed by atoms with Crippen LogP contribution in [0.4, 0.5) is 0 Å². The third-order valence-corrected chi connectivity index (χ3v) is 5.43. The lowest BCUT2D eigenvalue weighted by molar-refractivity contribution is 0.0488.